The Morgan fingerprint density at radius 1 is 0.923 bits per heavy atom. The molecule has 4 nitrogen and oxygen atoms in total. The van der Waals surface area contributed by atoms with Gasteiger partial charge < -0.3 is 0 Å². The van der Waals surface area contributed by atoms with Crippen molar-refractivity contribution in [3.63, 3.8) is 0 Å². The van der Waals surface area contributed by atoms with Crippen LogP contribution in [-0.2, 0) is 10.0 Å². The van der Waals surface area contributed by atoms with Gasteiger partial charge in [0.05, 0.1) is 4.90 Å². The van der Waals surface area contributed by atoms with Crippen LogP contribution in [0.15, 0.2) is 58.3 Å². The number of thioether (sulfide) groups is 1. The second kappa shape index (κ2) is 8.47. The van der Waals surface area contributed by atoms with Gasteiger partial charge >= 0.3 is 0 Å². The Labute approximate surface area is 156 Å². The lowest BCUT2D eigenvalue weighted by atomic mass is 10.3. The van der Waals surface area contributed by atoms with Gasteiger partial charge in [-0.15, -0.1) is 11.8 Å². The van der Waals surface area contributed by atoms with Crippen molar-refractivity contribution in [2.24, 2.45) is 0 Å². The Morgan fingerprint density at radius 2 is 1.62 bits per heavy atom. The van der Waals surface area contributed by atoms with Crippen LogP contribution < -0.4 is 0 Å². The Kier molecular flexibility index (Phi) is 6.29. The van der Waals surface area contributed by atoms with E-state index in [0.29, 0.717) is 26.2 Å². The van der Waals surface area contributed by atoms with E-state index in [1.165, 1.54) is 34.6 Å². The minimum Gasteiger partial charge on any atom is -0.300 e. The van der Waals surface area contributed by atoms with Gasteiger partial charge in [0.2, 0.25) is 10.0 Å². The second-order valence-electron chi connectivity index (χ2n) is 6.01. The molecule has 0 radical (unpaired) electrons. The van der Waals surface area contributed by atoms with E-state index < -0.39 is 15.8 Å². The van der Waals surface area contributed by atoms with E-state index in [9.17, 15) is 17.2 Å². The van der Waals surface area contributed by atoms with E-state index >= 15 is 0 Å². The predicted molar refractivity (Wildman–Crippen MR) is 98.7 cm³/mol. The van der Waals surface area contributed by atoms with Gasteiger partial charge in [-0.2, -0.15) is 4.31 Å². The van der Waals surface area contributed by atoms with E-state index in [0.717, 1.165) is 23.3 Å². The zero-order chi connectivity index (χ0) is 18.6. The third kappa shape index (κ3) is 4.82. The summed E-state index contributed by atoms with van der Waals surface area (Å²) in [6.45, 7) is 2.88. The van der Waals surface area contributed by atoms with Gasteiger partial charge in [-0.1, -0.05) is 6.07 Å². The fourth-order valence-corrected chi connectivity index (χ4v) is 5.16. The van der Waals surface area contributed by atoms with Crippen molar-refractivity contribution in [2.75, 3.05) is 38.5 Å². The molecule has 26 heavy (non-hydrogen) atoms. The molecule has 8 heteroatoms. The minimum atomic E-state index is -3.65. The molecule has 0 aliphatic carbocycles. The van der Waals surface area contributed by atoms with Gasteiger partial charge in [0.15, 0.2) is 0 Å². The topological polar surface area (TPSA) is 40.6 Å². The van der Waals surface area contributed by atoms with Crippen LogP contribution in [0.3, 0.4) is 0 Å². The molecule has 0 N–H and O–H groups in total. The molecule has 3 rings (SSSR count). The molecule has 0 spiro atoms. The number of rotatable bonds is 6. The van der Waals surface area contributed by atoms with Crippen molar-refractivity contribution in [2.45, 2.75) is 9.79 Å². The zero-order valence-corrected chi connectivity index (χ0v) is 15.8. The maximum absolute atomic E-state index is 13.3. The number of hydrogen-bond acceptors (Lipinski definition) is 4. The summed E-state index contributed by atoms with van der Waals surface area (Å²) in [7, 11) is -3.65. The molecule has 2 aromatic carbocycles. The van der Waals surface area contributed by atoms with Crippen LogP contribution in [0.4, 0.5) is 8.78 Å². The number of nitrogens with zero attached hydrogens (tertiary/aromatic N) is 2. The van der Waals surface area contributed by atoms with Crippen molar-refractivity contribution in [1.29, 1.82) is 0 Å². The van der Waals surface area contributed by atoms with Crippen molar-refractivity contribution < 1.29 is 17.2 Å². The van der Waals surface area contributed by atoms with Crippen molar-refractivity contribution in [1.82, 2.24) is 9.21 Å². The minimum absolute atomic E-state index is 0.00202. The second-order valence-corrected chi connectivity index (χ2v) is 9.11. The number of halogens is 2. The lowest BCUT2D eigenvalue weighted by Gasteiger charge is -2.33. The summed E-state index contributed by atoms with van der Waals surface area (Å²) < 4.78 is 52.8. The summed E-state index contributed by atoms with van der Waals surface area (Å²) >= 11 is 1.65. The molecule has 1 fully saturated rings. The van der Waals surface area contributed by atoms with Gasteiger partial charge in [0, 0.05) is 43.4 Å². The highest BCUT2D eigenvalue weighted by atomic mass is 32.2. The lowest BCUT2D eigenvalue weighted by Crippen LogP contribution is -2.49. The van der Waals surface area contributed by atoms with Gasteiger partial charge in [0.1, 0.15) is 11.6 Å². The molecular formula is C18H20F2N2O2S2. The SMILES string of the molecule is O=S(=O)(c1cccc(F)c1)N1CCN(CCSc2ccc(F)cc2)CC1. The summed E-state index contributed by atoms with van der Waals surface area (Å²) in [6, 6.07) is 11.5. The first kappa shape index (κ1) is 19.3. The van der Waals surface area contributed by atoms with Gasteiger partial charge in [-0.25, -0.2) is 17.2 Å². The van der Waals surface area contributed by atoms with Crippen molar-refractivity contribution in [3.8, 4) is 0 Å². The molecule has 1 aliphatic heterocycles. The van der Waals surface area contributed by atoms with Gasteiger partial charge in [-0.05, 0) is 42.5 Å². The molecule has 0 bridgehead atoms. The van der Waals surface area contributed by atoms with E-state index in [1.54, 1.807) is 23.9 Å². The first-order valence-electron chi connectivity index (χ1n) is 8.31. The lowest BCUT2D eigenvalue weighted by molar-refractivity contribution is 0.197. The van der Waals surface area contributed by atoms with E-state index in [-0.39, 0.29) is 10.7 Å². The van der Waals surface area contributed by atoms with E-state index in [1.807, 2.05) is 0 Å². The Bertz CT molecular complexity index is 837. The first-order chi connectivity index (χ1) is 12.4. The molecule has 0 amide bonds. The van der Waals surface area contributed by atoms with Crippen LogP contribution in [0.2, 0.25) is 0 Å². The largest absolute Gasteiger partial charge is 0.300 e. The maximum Gasteiger partial charge on any atom is 0.243 e. The van der Waals surface area contributed by atoms with Crippen LogP contribution in [-0.4, -0.2) is 56.1 Å². The van der Waals surface area contributed by atoms with Gasteiger partial charge in [-0.3, -0.25) is 4.90 Å². The smallest absolute Gasteiger partial charge is 0.243 e. The summed E-state index contributed by atoms with van der Waals surface area (Å²) in [5.41, 5.74) is 0. The molecule has 2 aromatic rings. The van der Waals surface area contributed by atoms with Crippen LogP contribution in [0.1, 0.15) is 0 Å². The highest BCUT2D eigenvalue weighted by molar-refractivity contribution is 7.99. The van der Waals surface area contributed by atoms with Crippen LogP contribution in [0.5, 0.6) is 0 Å². The molecule has 140 valence electrons. The summed E-state index contributed by atoms with van der Waals surface area (Å²) in [5, 5.41) is 0. The quantitative estimate of drug-likeness (QED) is 0.702. The maximum atomic E-state index is 13.3. The Balaban J connectivity index is 1.48. The van der Waals surface area contributed by atoms with E-state index in [4.69, 9.17) is 0 Å². The standard InChI is InChI=1S/C18H20F2N2O2S2/c19-15-4-6-17(7-5-15)25-13-12-21-8-10-22(11-9-21)26(23,24)18-3-1-2-16(20)14-18/h1-7,14H,8-13H2. The summed E-state index contributed by atoms with van der Waals surface area (Å²) in [6.07, 6.45) is 0. The molecule has 0 saturated carbocycles. The molecule has 1 aliphatic rings. The van der Waals surface area contributed by atoms with Crippen molar-refractivity contribution in [3.05, 3.63) is 60.2 Å². The molecule has 1 heterocycles. The van der Waals surface area contributed by atoms with Crippen LogP contribution >= 0.6 is 11.8 Å². The third-order valence-electron chi connectivity index (χ3n) is 4.25. The molecular weight excluding hydrogens is 378 g/mol. The van der Waals surface area contributed by atoms with Crippen LogP contribution in [0.25, 0.3) is 0 Å². The average molecular weight is 399 g/mol. The molecule has 0 atom stereocenters. The number of sulfonamides is 1. The predicted octanol–water partition coefficient (Wildman–Crippen LogP) is 3.06. The Hall–Kier alpha value is -1.48. The number of benzene rings is 2. The molecule has 0 aromatic heterocycles. The van der Waals surface area contributed by atoms with E-state index in [2.05, 4.69) is 4.90 Å². The fraction of sp³-hybridized carbons (Fsp3) is 0.333. The molecule has 0 unspecified atom stereocenters. The van der Waals surface area contributed by atoms with Crippen molar-refractivity contribution >= 4 is 21.8 Å². The first-order valence-corrected chi connectivity index (χ1v) is 10.7. The third-order valence-corrected chi connectivity index (χ3v) is 7.14. The zero-order valence-electron chi connectivity index (χ0n) is 14.1. The normalized spacial score (nSPS) is 16.7. The highest BCUT2D eigenvalue weighted by Crippen LogP contribution is 2.20. The number of piperazine rings is 1. The summed E-state index contributed by atoms with van der Waals surface area (Å²) in [4.78, 5) is 3.21. The summed E-state index contributed by atoms with van der Waals surface area (Å²) in [5.74, 6) is 0.0509. The molecule has 1 saturated heterocycles. The van der Waals surface area contributed by atoms with Gasteiger partial charge in [0.25, 0.3) is 0 Å². The average Bonchev–Trinajstić information content (AvgIpc) is 2.64. The Morgan fingerprint density at radius 3 is 2.27 bits per heavy atom. The number of hydrogen-bond donors (Lipinski definition) is 0. The fourth-order valence-electron chi connectivity index (χ4n) is 2.79. The highest BCUT2D eigenvalue weighted by Gasteiger charge is 2.28. The monoisotopic (exact) mass is 398 g/mol. The van der Waals surface area contributed by atoms with Crippen LogP contribution in [0, 0.1) is 11.6 Å².